The Kier molecular flexibility index (Phi) is 3.71. The number of hydrogen-bond donors (Lipinski definition) is 1. The summed E-state index contributed by atoms with van der Waals surface area (Å²) in [5.41, 5.74) is 2.10. The van der Waals surface area contributed by atoms with Gasteiger partial charge in [0.25, 0.3) is 0 Å². The van der Waals surface area contributed by atoms with Gasteiger partial charge in [-0.1, -0.05) is 12.1 Å². The molecular weight excluding hydrogens is 268 g/mol. The van der Waals surface area contributed by atoms with Gasteiger partial charge in [0.1, 0.15) is 10.8 Å². The van der Waals surface area contributed by atoms with E-state index in [0.717, 1.165) is 28.5 Å². The van der Waals surface area contributed by atoms with E-state index < -0.39 is 0 Å². The molecule has 0 saturated heterocycles. The lowest BCUT2D eigenvalue weighted by Gasteiger charge is -2.12. The molecule has 0 aliphatic carbocycles. The van der Waals surface area contributed by atoms with Crippen molar-refractivity contribution in [3.8, 4) is 0 Å². The lowest BCUT2D eigenvalue weighted by molar-refractivity contribution is 0.580. The van der Waals surface area contributed by atoms with E-state index in [-0.39, 0.29) is 6.04 Å². The Hall–Kier alpha value is -1.85. The number of rotatable bonds is 4. The van der Waals surface area contributed by atoms with Crippen molar-refractivity contribution in [1.29, 1.82) is 0 Å². The summed E-state index contributed by atoms with van der Waals surface area (Å²) in [6.07, 6.45) is 2.63. The lowest BCUT2D eigenvalue weighted by atomic mass is 10.1. The Bertz CT molecular complexity index is 689. The van der Waals surface area contributed by atoms with Crippen LogP contribution in [0.1, 0.15) is 22.6 Å². The molecule has 0 spiro atoms. The van der Waals surface area contributed by atoms with Crippen molar-refractivity contribution in [1.82, 2.24) is 20.3 Å². The maximum atomic E-state index is 4.72. The van der Waals surface area contributed by atoms with E-state index in [4.69, 9.17) is 4.98 Å². The summed E-state index contributed by atoms with van der Waals surface area (Å²) in [5.74, 6) is 0.807. The summed E-state index contributed by atoms with van der Waals surface area (Å²) >= 11 is 1.74. The van der Waals surface area contributed by atoms with Gasteiger partial charge in [0, 0.05) is 18.3 Å². The molecule has 3 rings (SSSR count). The van der Waals surface area contributed by atoms with Crippen LogP contribution >= 0.6 is 11.3 Å². The van der Waals surface area contributed by atoms with E-state index in [9.17, 15) is 0 Å². The van der Waals surface area contributed by atoms with Crippen molar-refractivity contribution in [2.45, 2.75) is 19.4 Å². The summed E-state index contributed by atoms with van der Waals surface area (Å²) in [7, 11) is 1.96. The molecule has 3 aromatic rings. The molecule has 0 aliphatic rings. The summed E-state index contributed by atoms with van der Waals surface area (Å²) in [6.45, 7) is 1.91. The van der Waals surface area contributed by atoms with Crippen molar-refractivity contribution < 1.29 is 0 Å². The van der Waals surface area contributed by atoms with Crippen LogP contribution in [0.3, 0.4) is 0 Å². The average molecular weight is 284 g/mol. The van der Waals surface area contributed by atoms with Gasteiger partial charge in [0.2, 0.25) is 0 Å². The first-order valence-electron chi connectivity index (χ1n) is 6.57. The Morgan fingerprint density at radius 3 is 2.80 bits per heavy atom. The van der Waals surface area contributed by atoms with Crippen LogP contribution in [0.15, 0.2) is 36.5 Å². The highest BCUT2D eigenvalue weighted by molar-refractivity contribution is 7.18. The summed E-state index contributed by atoms with van der Waals surface area (Å²) < 4.78 is 1.22. The van der Waals surface area contributed by atoms with E-state index in [1.807, 2.05) is 38.4 Å². The molecule has 5 heteroatoms. The highest BCUT2D eigenvalue weighted by Gasteiger charge is 2.15. The zero-order chi connectivity index (χ0) is 13.9. The minimum absolute atomic E-state index is 0.182. The number of hydrogen-bond acceptors (Lipinski definition) is 5. The number of nitrogens with zero attached hydrogens (tertiary/aromatic N) is 3. The number of likely N-dealkylation sites (N-methyl/N-ethyl adjacent to an activating group) is 1. The quantitative estimate of drug-likeness (QED) is 0.800. The van der Waals surface area contributed by atoms with Gasteiger partial charge in [-0.3, -0.25) is 0 Å². The monoisotopic (exact) mass is 284 g/mol. The number of aromatic nitrogens is 3. The van der Waals surface area contributed by atoms with Crippen molar-refractivity contribution in [2.75, 3.05) is 7.05 Å². The third-order valence-electron chi connectivity index (χ3n) is 3.20. The molecule has 4 nitrogen and oxygen atoms in total. The van der Waals surface area contributed by atoms with Gasteiger partial charge in [-0.2, -0.15) is 0 Å². The molecule has 0 aliphatic heterocycles. The minimum Gasteiger partial charge on any atom is -0.311 e. The number of thiazole rings is 1. The summed E-state index contributed by atoms with van der Waals surface area (Å²) in [5, 5.41) is 4.44. The topological polar surface area (TPSA) is 50.7 Å². The molecule has 1 atom stereocenters. The van der Waals surface area contributed by atoms with Gasteiger partial charge < -0.3 is 5.32 Å². The first-order valence-corrected chi connectivity index (χ1v) is 7.39. The normalized spacial score (nSPS) is 12.7. The first kappa shape index (κ1) is 13.1. The van der Waals surface area contributed by atoms with Gasteiger partial charge in [-0.15, -0.1) is 11.3 Å². The van der Waals surface area contributed by atoms with E-state index in [2.05, 4.69) is 27.4 Å². The fraction of sp³-hybridized carbons (Fsp3) is 0.267. The molecule has 1 N–H and O–H groups in total. The fourth-order valence-electron chi connectivity index (χ4n) is 2.18. The predicted molar refractivity (Wildman–Crippen MR) is 81.9 cm³/mol. The molecule has 2 heterocycles. The highest BCUT2D eigenvalue weighted by atomic mass is 32.1. The van der Waals surface area contributed by atoms with Gasteiger partial charge in [-0.25, -0.2) is 15.0 Å². The van der Waals surface area contributed by atoms with Crippen LogP contribution in [-0.2, 0) is 6.42 Å². The van der Waals surface area contributed by atoms with Crippen LogP contribution in [-0.4, -0.2) is 22.0 Å². The molecule has 2 aromatic heterocycles. The number of benzene rings is 1. The number of fused-ring (bicyclic) bond motifs is 1. The largest absolute Gasteiger partial charge is 0.311 e. The van der Waals surface area contributed by atoms with Crippen LogP contribution in [0, 0.1) is 6.92 Å². The maximum Gasteiger partial charge on any atom is 0.125 e. The molecule has 0 amide bonds. The lowest BCUT2D eigenvalue weighted by Crippen LogP contribution is -2.19. The van der Waals surface area contributed by atoms with Crippen molar-refractivity contribution in [3.05, 3.63) is 53.1 Å². The average Bonchev–Trinajstić information content (AvgIpc) is 2.88. The molecular formula is C15H16N4S. The SMILES string of the molecule is CNC(Cc1ccnc(C)n1)c1nc2ccccc2s1. The Morgan fingerprint density at radius 1 is 1.20 bits per heavy atom. The molecule has 102 valence electrons. The second kappa shape index (κ2) is 5.64. The van der Waals surface area contributed by atoms with Crippen molar-refractivity contribution in [3.63, 3.8) is 0 Å². The van der Waals surface area contributed by atoms with Crippen LogP contribution in [0.4, 0.5) is 0 Å². The molecule has 0 radical (unpaired) electrons. The summed E-state index contributed by atoms with van der Waals surface area (Å²) in [4.78, 5) is 13.3. The van der Waals surface area contributed by atoms with E-state index in [1.54, 1.807) is 11.3 Å². The maximum absolute atomic E-state index is 4.72. The second-order valence-corrected chi connectivity index (χ2v) is 5.72. The van der Waals surface area contributed by atoms with Gasteiger partial charge in [0.05, 0.1) is 16.3 Å². The third kappa shape index (κ3) is 2.69. The number of aryl methyl sites for hydroxylation is 1. The van der Waals surface area contributed by atoms with Crippen LogP contribution in [0.5, 0.6) is 0 Å². The predicted octanol–water partition coefficient (Wildman–Crippen LogP) is 2.90. The second-order valence-electron chi connectivity index (χ2n) is 4.66. The standard InChI is InChI=1S/C15H16N4S/c1-10-17-8-7-11(18-10)9-13(16-2)15-19-12-5-3-4-6-14(12)20-15/h3-8,13,16H,9H2,1-2H3. The van der Waals surface area contributed by atoms with Crippen LogP contribution in [0.25, 0.3) is 10.2 Å². The fourth-order valence-corrected chi connectivity index (χ4v) is 3.26. The molecule has 0 bridgehead atoms. The van der Waals surface area contributed by atoms with E-state index >= 15 is 0 Å². The zero-order valence-corrected chi connectivity index (χ0v) is 12.3. The Balaban J connectivity index is 1.89. The van der Waals surface area contributed by atoms with Gasteiger partial charge in [-0.05, 0) is 32.2 Å². The number of para-hydroxylation sites is 1. The van der Waals surface area contributed by atoms with Gasteiger partial charge >= 0.3 is 0 Å². The van der Waals surface area contributed by atoms with Crippen molar-refractivity contribution in [2.24, 2.45) is 0 Å². The van der Waals surface area contributed by atoms with E-state index in [0.29, 0.717) is 0 Å². The number of nitrogens with one attached hydrogen (secondary N) is 1. The Labute approximate surface area is 121 Å². The molecule has 20 heavy (non-hydrogen) atoms. The smallest absolute Gasteiger partial charge is 0.125 e. The first-order chi connectivity index (χ1) is 9.76. The van der Waals surface area contributed by atoms with Crippen LogP contribution < -0.4 is 5.32 Å². The third-order valence-corrected chi connectivity index (χ3v) is 4.35. The minimum atomic E-state index is 0.182. The van der Waals surface area contributed by atoms with Crippen LogP contribution in [0.2, 0.25) is 0 Å². The Morgan fingerprint density at radius 2 is 2.05 bits per heavy atom. The van der Waals surface area contributed by atoms with Gasteiger partial charge in [0.15, 0.2) is 0 Å². The molecule has 1 unspecified atom stereocenters. The van der Waals surface area contributed by atoms with Crippen molar-refractivity contribution >= 4 is 21.6 Å². The molecule has 0 saturated carbocycles. The zero-order valence-electron chi connectivity index (χ0n) is 11.5. The molecule has 1 aromatic carbocycles. The summed E-state index contributed by atoms with van der Waals surface area (Å²) in [6, 6.07) is 10.4. The van der Waals surface area contributed by atoms with E-state index in [1.165, 1.54) is 4.70 Å². The molecule has 0 fully saturated rings. The highest BCUT2D eigenvalue weighted by Crippen LogP contribution is 2.27.